The van der Waals surface area contributed by atoms with E-state index < -0.39 is 0 Å². The third kappa shape index (κ3) is 4.92. The molecule has 0 aliphatic heterocycles. The van der Waals surface area contributed by atoms with Gasteiger partial charge in [-0.1, -0.05) is 46.7 Å². The predicted octanol–water partition coefficient (Wildman–Crippen LogP) is 3.36. The van der Waals surface area contributed by atoms with E-state index >= 15 is 0 Å². The summed E-state index contributed by atoms with van der Waals surface area (Å²) in [7, 11) is 4.02. The molecule has 0 aromatic heterocycles. The predicted molar refractivity (Wildman–Crippen MR) is 84.9 cm³/mol. The van der Waals surface area contributed by atoms with E-state index in [1.165, 1.54) is 10.6 Å². The van der Waals surface area contributed by atoms with Gasteiger partial charge in [0.1, 0.15) is 11.5 Å². The molecule has 0 aliphatic carbocycles. The number of benzene rings is 2. The van der Waals surface area contributed by atoms with E-state index in [4.69, 9.17) is 9.47 Å². The molecule has 0 heterocycles. The van der Waals surface area contributed by atoms with Crippen molar-refractivity contribution in [3.8, 4) is 11.5 Å². The molecule has 2 aromatic rings. The molecule has 0 unspecified atom stereocenters. The molecule has 0 spiro atoms. The Labute approximate surface area is 117 Å². The maximum atomic E-state index is 5.14. The van der Waals surface area contributed by atoms with Gasteiger partial charge < -0.3 is 9.47 Å². The monoisotopic (exact) mass is 276 g/mol. The van der Waals surface area contributed by atoms with Crippen molar-refractivity contribution in [2.24, 2.45) is 0 Å². The first-order valence-electron chi connectivity index (χ1n) is 6.37. The summed E-state index contributed by atoms with van der Waals surface area (Å²) in [4.78, 5) is 0. The van der Waals surface area contributed by atoms with Crippen LogP contribution in [0.3, 0.4) is 0 Å². The molecule has 0 amide bonds. The maximum absolute atomic E-state index is 5.14. The first kappa shape index (κ1) is 15.5. The van der Waals surface area contributed by atoms with Crippen LogP contribution in [0.2, 0.25) is 0 Å². The summed E-state index contributed by atoms with van der Waals surface area (Å²) in [5.41, 5.74) is 0. The zero-order valence-corrected chi connectivity index (χ0v) is 12.9. The Morgan fingerprint density at radius 1 is 0.632 bits per heavy atom. The van der Waals surface area contributed by atoms with Gasteiger partial charge in [0, 0.05) is 0 Å². The Morgan fingerprint density at radius 3 is 1.21 bits per heavy atom. The van der Waals surface area contributed by atoms with Gasteiger partial charge in [-0.05, 0) is 34.9 Å². The van der Waals surface area contributed by atoms with E-state index in [0.29, 0.717) is 8.58 Å². The van der Waals surface area contributed by atoms with Gasteiger partial charge in [0.25, 0.3) is 0 Å². The minimum absolute atomic E-state index is 0.661. The molecule has 2 nitrogen and oxygen atoms in total. The van der Waals surface area contributed by atoms with Gasteiger partial charge in [0.15, 0.2) is 0 Å². The zero-order valence-electron chi connectivity index (χ0n) is 11.9. The summed E-state index contributed by atoms with van der Waals surface area (Å²) >= 11 is 0. The molecule has 0 saturated heterocycles. The van der Waals surface area contributed by atoms with Gasteiger partial charge in [0.2, 0.25) is 0 Å². The molecule has 0 radical (unpaired) electrons. The standard InChI is InChI=1S/C14H15O2P.C2H6/c1-15-11-3-7-13(8-4-11)17-14-9-5-12(16-2)6-10-14;1-2/h3-10,17H,1-2H3;1-2H3. The summed E-state index contributed by atoms with van der Waals surface area (Å²) in [5.74, 6) is 1.79. The normalized spacial score (nSPS) is 9.26. The van der Waals surface area contributed by atoms with E-state index in [0.717, 1.165) is 11.5 Å². The summed E-state index contributed by atoms with van der Waals surface area (Å²) in [5, 5.41) is 2.60. The third-order valence-corrected chi connectivity index (χ3v) is 3.71. The topological polar surface area (TPSA) is 18.5 Å². The van der Waals surface area contributed by atoms with Crippen LogP contribution in [0.25, 0.3) is 0 Å². The summed E-state index contributed by atoms with van der Waals surface area (Å²) in [6.07, 6.45) is 0. The van der Waals surface area contributed by atoms with Crippen LogP contribution in [-0.4, -0.2) is 14.2 Å². The van der Waals surface area contributed by atoms with E-state index in [1.54, 1.807) is 14.2 Å². The van der Waals surface area contributed by atoms with Crippen LogP contribution in [0, 0.1) is 0 Å². The molecule has 0 atom stereocenters. The van der Waals surface area contributed by atoms with Gasteiger partial charge in [-0.25, -0.2) is 0 Å². The average Bonchev–Trinajstić information content (AvgIpc) is 2.51. The lowest BCUT2D eigenvalue weighted by Gasteiger charge is -2.05. The van der Waals surface area contributed by atoms with Crippen molar-refractivity contribution < 1.29 is 9.47 Å². The first-order chi connectivity index (χ1) is 9.31. The molecular weight excluding hydrogens is 255 g/mol. The molecule has 2 rings (SSSR count). The second-order valence-electron chi connectivity index (χ2n) is 3.58. The van der Waals surface area contributed by atoms with Gasteiger partial charge in [-0.15, -0.1) is 0 Å². The number of hydrogen-bond donors (Lipinski definition) is 0. The molecule has 0 aliphatic rings. The van der Waals surface area contributed by atoms with E-state index in [9.17, 15) is 0 Å². The fourth-order valence-electron chi connectivity index (χ4n) is 1.52. The third-order valence-electron chi connectivity index (χ3n) is 2.47. The van der Waals surface area contributed by atoms with Gasteiger partial charge in [-0.2, -0.15) is 0 Å². The van der Waals surface area contributed by atoms with Crippen LogP contribution in [0.1, 0.15) is 13.8 Å². The van der Waals surface area contributed by atoms with Crippen LogP contribution >= 0.6 is 8.58 Å². The molecule has 3 heteroatoms. The number of methoxy groups -OCH3 is 2. The lowest BCUT2D eigenvalue weighted by atomic mass is 10.3. The quantitative estimate of drug-likeness (QED) is 0.797. The van der Waals surface area contributed by atoms with Crippen molar-refractivity contribution in [3.63, 3.8) is 0 Å². The highest BCUT2D eigenvalue weighted by molar-refractivity contribution is 7.55. The molecular formula is C16H21O2P. The van der Waals surface area contributed by atoms with Crippen molar-refractivity contribution in [1.29, 1.82) is 0 Å². The number of hydrogen-bond acceptors (Lipinski definition) is 2. The summed E-state index contributed by atoms with van der Waals surface area (Å²) in [6.45, 7) is 4.00. The van der Waals surface area contributed by atoms with Crippen molar-refractivity contribution in [1.82, 2.24) is 0 Å². The van der Waals surface area contributed by atoms with Crippen molar-refractivity contribution >= 4 is 19.2 Å². The van der Waals surface area contributed by atoms with Gasteiger partial charge in [0.05, 0.1) is 14.2 Å². The van der Waals surface area contributed by atoms with Crippen molar-refractivity contribution in [3.05, 3.63) is 48.5 Å². The molecule has 0 bridgehead atoms. The fourth-order valence-corrected chi connectivity index (χ4v) is 2.52. The molecule has 0 fully saturated rings. The molecule has 0 N–H and O–H groups in total. The van der Waals surface area contributed by atoms with Crippen LogP contribution in [0.5, 0.6) is 11.5 Å². The second kappa shape index (κ2) is 8.55. The van der Waals surface area contributed by atoms with Crippen LogP contribution < -0.4 is 20.1 Å². The summed E-state index contributed by atoms with van der Waals surface area (Å²) < 4.78 is 10.3. The smallest absolute Gasteiger partial charge is 0.118 e. The highest BCUT2D eigenvalue weighted by atomic mass is 31.1. The highest BCUT2D eigenvalue weighted by Crippen LogP contribution is 2.16. The summed E-state index contributed by atoms with van der Waals surface area (Å²) in [6, 6.07) is 16.4. The Morgan fingerprint density at radius 2 is 0.947 bits per heavy atom. The minimum Gasteiger partial charge on any atom is -0.497 e. The Hall–Kier alpha value is -1.53. The Kier molecular flexibility index (Phi) is 6.99. The fraction of sp³-hybridized carbons (Fsp3) is 0.250. The minimum atomic E-state index is 0.661. The second-order valence-corrected chi connectivity index (χ2v) is 4.99. The SMILES string of the molecule is CC.COc1ccc(Pc2ccc(OC)cc2)cc1. The molecule has 19 heavy (non-hydrogen) atoms. The molecule has 2 aromatic carbocycles. The van der Waals surface area contributed by atoms with Crippen LogP contribution in [0.4, 0.5) is 0 Å². The van der Waals surface area contributed by atoms with Gasteiger partial charge in [-0.3, -0.25) is 0 Å². The average molecular weight is 276 g/mol. The van der Waals surface area contributed by atoms with E-state index in [2.05, 4.69) is 24.3 Å². The molecule has 102 valence electrons. The Balaban J connectivity index is 0.000000861. The van der Waals surface area contributed by atoms with Crippen molar-refractivity contribution in [2.75, 3.05) is 14.2 Å². The lowest BCUT2D eigenvalue weighted by molar-refractivity contribution is 0.415. The zero-order chi connectivity index (χ0) is 14.1. The van der Waals surface area contributed by atoms with Crippen LogP contribution in [-0.2, 0) is 0 Å². The maximum Gasteiger partial charge on any atom is 0.118 e. The van der Waals surface area contributed by atoms with E-state index in [-0.39, 0.29) is 0 Å². The number of rotatable bonds is 4. The molecule has 0 saturated carbocycles. The highest BCUT2D eigenvalue weighted by Gasteiger charge is 1.98. The van der Waals surface area contributed by atoms with Crippen molar-refractivity contribution in [2.45, 2.75) is 13.8 Å². The van der Waals surface area contributed by atoms with E-state index in [1.807, 2.05) is 38.1 Å². The van der Waals surface area contributed by atoms with Crippen LogP contribution in [0.15, 0.2) is 48.5 Å². The first-order valence-corrected chi connectivity index (χ1v) is 7.37. The largest absolute Gasteiger partial charge is 0.497 e. The van der Waals surface area contributed by atoms with Gasteiger partial charge >= 0.3 is 0 Å². The Bertz CT molecular complexity index is 418. The lowest BCUT2D eigenvalue weighted by Crippen LogP contribution is -2.02. The number of ether oxygens (including phenoxy) is 2.